The summed E-state index contributed by atoms with van der Waals surface area (Å²) in [5.74, 6) is 0.994. The van der Waals surface area contributed by atoms with Crippen LogP contribution in [0.15, 0.2) is 59.4 Å². The summed E-state index contributed by atoms with van der Waals surface area (Å²) in [4.78, 5) is 27.8. The molecule has 1 aliphatic heterocycles. The van der Waals surface area contributed by atoms with Gasteiger partial charge in [-0.1, -0.05) is 30.3 Å². The summed E-state index contributed by atoms with van der Waals surface area (Å²) in [5.41, 5.74) is 2.67. The Morgan fingerprint density at radius 1 is 1.07 bits per heavy atom. The van der Waals surface area contributed by atoms with Crippen LogP contribution in [0.4, 0.5) is 5.69 Å². The van der Waals surface area contributed by atoms with Crippen molar-refractivity contribution in [3.05, 3.63) is 76.2 Å². The average molecular weight is 395 g/mol. The minimum atomic E-state index is -0.263. The summed E-state index contributed by atoms with van der Waals surface area (Å²) in [7, 11) is 3.45. The lowest BCUT2D eigenvalue weighted by atomic mass is 10.2. The summed E-state index contributed by atoms with van der Waals surface area (Å²) in [6.07, 6.45) is 0. The third-order valence-corrected chi connectivity index (χ3v) is 6.22. The molecule has 2 heterocycles. The Bertz CT molecular complexity index is 1090. The number of amides is 1. The molecule has 0 unspecified atom stereocenters. The second-order valence-electron chi connectivity index (χ2n) is 6.61. The highest BCUT2D eigenvalue weighted by Gasteiger charge is 2.38. The molecule has 1 aliphatic rings. The lowest BCUT2D eigenvalue weighted by Gasteiger charge is -2.23. The number of rotatable bonds is 4. The Kier molecular flexibility index (Phi) is 4.77. The highest BCUT2D eigenvalue weighted by atomic mass is 32.2. The van der Waals surface area contributed by atoms with Crippen LogP contribution in [0.3, 0.4) is 0 Å². The van der Waals surface area contributed by atoms with E-state index in [1.807, 2.05) is 68.6 Å². The second kappa shape index (κ2) is 7.24. The maximum Gasteiger partial charge on any atom is 0.295 e. The number of hydrogen-bond acceptors (Lipinski definition) is 4. The van der Waals surface area contributed by atoms with Crippen molar-refractivity contribution < 1.29 is 9.53 Å². The van der Waals surface area contributed by atoms with Crippen molar-refractivity contribution in [1.29, 1.82) is 0 Å². The molecule has 1 amide bonds. The first-order valence-electron chi connectivity index (χ1n) is 8.94. The van der Waals surface area contributed by atoms with E-state index in [9.17, 15) is 9.59 Å². The van der Waals surface area contributed by atoms with E-state index in [0.29, 0.717) is 11.4 Å². The van der Waals surface area contributed by atoms with Crippen LogP contribution in [0.1, 0.15) is 16.6 Å². The van der Waals surface area contributed by atoms with Gasteiger partial charge in [0, 0.05) is 7.05 Å². The van der Waals surface area contributed by atoms with E-state index in [1.54, 1.807) is 21.4 Å². The van der Waals surface area contributed by atoms with Gasteiger partial charge in [0.25, 0.3) is 5.56 Å². The minimum absolute atomic E-state index is 0.0659. The number of carbonyl (C=O) groups is 1. The number of para-hydroxylation sites is 1. The molecule has 2 aromatic carbocycles. The molecule has 1 saturated heterocycles. The van der Waals surface area contributed by atoms with E-state index < -0.39 is 0 Å². The fraction of sp³-hybridized carbons (Fsp3) is 0.238. The number of nitrogens with zero attached hydrogens (tertiary/aromatic N) is 3. The van der Waals surface area contributed by atoms with Gasteiger partial charge in [-0.25, -0.2) is 4.68 Å². The largest absolute Gasteiger partial charge is 0.497 e. The van der Waals surface area contributed by atoms with Gasteiger partial charge in [0.1, 0.15) is 16.8 Å². The SMILES string of the molecule is COc1cccc([C@@H]2SCC(=O)N2c2c(C)n(C)n(-c3ccccc3)c2=O)c1. The van der Waals surface area contributed by atoms with Crippen LogP contribution >= 0.6 is 11.8 Å². The minimum Gasteiger partial charge on any atom is -0.497 e. The summed E-state index contributed by atoms with van der Waals surface area (Å²) < 4.78 is 8.73. The Morgan fingerprint density at radius 3 is 2.54 bits per heavy atom. The van der Waals surface area contributed by atoms with E-state index in [1.165, 1.54) is 11.8 Å². The normalized spacial score (nSPS) is 16.6. The van der Waals surface area contributed by atoms with Gasteiger partial charge in [0.05, 0.1) is 24.2 Å². The van der Waals surface area contributed by atoms with Gasteiger partial charge in [-0.2, -0.15) is 0 Å². The summed E-state index contributed by atoms with van der Waals surface area (Å²) >= 11 is 1.52. The van der Waals surface area contributed by atoms with Crippen molar-refractivity contribution in [1.82, 2.24) is 9.36 Å². The van der Waals surface area contributed by atoms with Gasteiger partial charge in [-0.15, -0.1) is 11.8 Å². The zero-order chi connectivity index (χ0) is 19.8. The summed E-state index contributed by atoms with van der Waals surface area (Å²) in [6, 6.07) is 17.1. The molecule has 0 bridgehead atoms. The zero-order valence-corrected chi connectivity index (χ0v) is 16.8. The molecular formula is C21H21N3O3S. The molecule has 6 nitrogen and oxygen atoms in total. The molecule has 144 valence electrons. The number of carbonyl (C=O) groups excluding carboxylic acids is 1. The quantitative estimate of drug-likeness (QED) is 0.680. The number of hydrogen-bond donors (Lipinski definition) is 0. The molecule has 1 aromatic heterocycles. The van der Waals surface area contributed by atoms with E-state index in [-0.39, 0.29) is 16.8 Å². The van der Waals surface area contributed by atoms with Crippen LogP contribution in [0.25, 0.3) is 5.69 Å². The number of ether oxygens (including phenoxy) is 1. The van der Waals surface area contributed by atoms with Gasteiger partial charge in [0.2, 0.25) is 5.91 Å². The lowest BCUT2D eigenvalue weighted by molar-refractivity contribution is -0.115. The average Bonchev–Trinajstić information content (AvgIpc) is 3.19. The molecule has 3 aromatic rings. The standard InChI is InChI=1S/C21H21N3O3S/c1-14-19(20(26)24(22(14)2)16-9-5-4-6-10-16)23-18(25)13-28-21(23)15-8-7-11-17(12-15)27-3/h4-12,21H,13H2,1-3H3/t21-/m0/s1. The van der Waals surface area contributed by atoms with Gasteiger partial charge in [0.15, 0.2) is 0 Å². The predicted octanol–water partition coefficient (Wildman–Crippen LogP) is 3.27. The number of thioether (sulfide) groups is 1. The van der Waals surface area contributed by atoms with Crippen molar-refractivity contribution in [2.75, 3.05) is 17.8 Å². The summed E-state index contributed by atoms with van der Waals surface area (Å²) in [6.45, 7) is 1.87. The maximum atomic E-state index is 13.4. The smallest absolute Gasteiger partial charge is 0.295 e. The molecule has 1 atom stereocenters. The van der Waals surface area contributed by atoms with Crippen LogP contribution < -0.4 is 15.2 Å². The third-order valence-electron chi connectivity index (χ3n) is 5.01. The number of benzene rings is 2. The van der Waals surface area contributed by atoms with Crippen LogP contribution in [-0.4, -0.2) is 28.1 Å². The molecule has 0 aliphatic carbocycles. The Hall–Kier alpha value is -2.93. The topological polar surface area (TPSA) is 56.5 Å². The second-order valence-corrected chi connectivity index (χ2v) is 7.68. The Balaban J connectivity index is 1.85. The Labute approximate surface area is 167 Å². The van der Waals surface area contributed by atoms with Gasteiger partial charge in [-0.05, 0) is 36.8 Å². The van der Waals surface area contributed by atoms with E-state index >= 15 is 0 Å². The number of aromatic nitrogens is 2. The zero-order valence-electron chi connectivity index (χ0n) is 16.0. The van der Waals surface area contributed by atoms with Gasteiger partial charge < -0.3 is 4.74 Å². The molecule has 0 spiro atoms. The monoisotopic (exact) mass is 395 g/mol. The van der Waals surface area contributed by atoms with Crippen LogP contribution in [-0.2, 0) is 11.8 Å². The Morgan fingerprint density at radius 2 is 1.82 bits per heavy atom. The fourth-order valence-electron chi connectivity index (χ4n) is 3.54. The molecular weight excluding hydrogens is 374 g/mol. The molecule has 0 radical (unpaired) electrons. The highest BCUT2D eigenvalue weighted by molar-refractivity contribution is 8.00. The summed E-state index contributed by atoms with van der Waals surface area (Å²) in [5, 5.41) is -0.263. The third kappa shape index (κ3) is 2.92. The van der Waals surface area contributed by atoms with Crippen LogP contribution in [0.2, 0.25) is 0 Å². The van der Waals surface area contributed by atoms with Crippen LogP contribution in [0.5, 0.6) is 5.75 Å². The highest BCUT2D eigenvalue weighted by Crippen LogP contribution is 2.42. The van der Waals surface area contributed by atoms with Crippen molar-refractivity contribution in [2.24, 2.45) is 7.05 Å². The van der Waals surface area contributed by atoms with Crippen molar-refractivity contribution >= 4 is 23.4 Å². The first-order chi connectivity index (χ1) is 13.5. The lowest BCUT2D eigenvalue weighted by Crippen LogP contribution is -2.33. The maximum absolute atomic E-state index is 13.4. The van der Waals surface area contributed by atoms with Gasteiger partial charge >= 0.3 is 0 Å². The van der Waals surface area contributed by atoms with E-state index in [4.69, 9.17) is 4.74 Å². The van der Waals surface area contributed by atoms with Crippen molar-refractivity contribution in [3.8, 4) is 11.4 Å². The van der Waals surface area contributed by atoms with Crippen molar-refractivity contribution in [2.45, 2.75) is 12.3 Å². The van der Waals surface area contributed by atoms with Gasteiger partial charge in [-0.3, -0.25) is 19.2 Å². The van der Waals surface area contributed by atoms with E-state index in [2.05, 4.69) is 0 Å². The number of methoxy groups -OCH3 is 1. The van der Waals surface area contributed by atoms with Crippen molar-refractivity contribution in [3.63, 3.8) is 0 Å². The van der Waals surface area contributed by atoms with Crippen LogP contribution in [0, 0.1) is 6.92 Å². The first-order valence-corrected chi connectivity index (χ1v) is 9.99. The molecule has 0 N–H and O–H groups in total. The molecule has 0 saturated carbocycles. The molecule has 4 rings (SSSR count). The fourth-order valence-corrected chi connectivity index (χ4v) is 4.69. The molecule has 1 fully saturated rings. The first kappa shape index (κ1) is 18.4. The number of anilines is 1. The molecule has 7 heteroatoms. The predicted molar refractivity (Wildman–Crippen MR) is 111 cm³/mol. The molecule has 28 heavy (non-hydrogen) atoms. The van der Waals surface area contributed by atoms with E-state index in [0.717, 1.165) is 22.7 Å².